The average molecular weight is 285 g/mol. The van der Waals surface area contributed by atoms with Gasteiger partial charge < -0.3 is 5.32 Å². The SMILES string of the molecule is CCCCCCCCCCCC(=O)N[C@H](C)C(=O)NN. The molecule has 0 aliphatic heterocycles. The number of hydrogen-bond donors (Lipinski definition) is 3. The molecule has 2 amide bonds. The second kappa shape index (κ2) is 12.9. The van der Waals surface area contributed by atoms with Gasteiger partial charge in [0.05, 0.1) is 0 Å². The molecule has 0 aromatic carbocycles. The molecule has 0 aliphatic carbocycles. The van der Waals surface area contributed by atoms with Crippen LogP contribution >= 0.6 is 0 Å². The summed E-state index contributed by atoms with van der Waals surface area (Å²) >= 11 is 0. The number of carbonyl (C=O) groups excluding carboxylic acids is 2. The molecule has 0 heterocycles. The summed E-state index contributed by atoms with van der Waals surface area (Å²) in [5.41, 5.74) is 2.02. The molecular weight excluding hydrogens is 254 g/mol. The van der Waals surface area contributed by atoms with Crippen LogP contribution in [-0.4, -0.2) is 17.9 Å². The van der Waals surface area contributed by atoms with Crippen LogP contribution < -0.4 is 16.6 Å². The first-order valence-electron chi connectivity index (χ1n) is 7.91. The van der Waals surface area contributed by atoms with E-state index in [9.17, 15) is 9.59 Å². The summed E-state index contributed by atoms with van der Waals surface area (Å²) in [6.07, 6.45) is 11.5. The largest absolute Gasteiger partial charge is 0.345 e. The van der Waals surface area contributed by atoms with Crippen molar-refractivity contribution >= 4 is 11.8 Å². The van der Waals surface area contributed by atoms with Gasteiger partial charge in [-0.3, -0.25) is 15.0 Å². The molecule has 118 valence electrons. The van der Waals surface area contributed by atoms with E-state index in [2.05, 4.69) is 12.2 Å². The Bertz CT molecular complexity index is 270. The third kappa shape index (κ3) is 10.8. The van der Waals surface area contributed by atoms with Gasteiger partial charge in [-0.25, -0.2) is 5.84 Å². The minimum atomic E-state index is -0.564. The fourth-order valence-electron chi connectivity index (χ4n) is 2.10. The van der Waals surface area contributed by atoms with E-state index in [1.165, 1.54) is 44.9 Å². The molecule has 0 radical (unpaired) electrons. The molecule has 0 saturated carbocycles. The van der Waals surface area contributed by atoms with Gasteiger partial charge >= 0.3 is 0 Å². The lowest BCUT2D eigenvalue weighted by atomic mass is 10.1. The summed E-state index contributed by atoms with van der Waals surface area (Å²) in [5.74, 6) is 4.55. The molecule has 0 aromatic heterocycles. The van der Waals surface area contributed by atoms with E-state index >= 15 is 0 Å². The van der Waals surface area contributed by atoms with Crippen LogP contribution in [0.5, 0.6) is 0 Å². The monoisotopic (exact) mass is 285 g/mol. The normalized spacial score (nSPS) is 11.9. The molecule has 0 fully saturated rings. The Morgan fingerprint density at radius 1 is 0.950 bits per heavy atom. The number of rotatable bonds is 12. The minimum Gasteiger partial charge on any atom is -0.345 e. The van der Waals surface area contributed by atoms with Crippen LogP contribution in [0.4, 0.5) is 0 Å². The zero-order chi connectivity index (χ0) is 15.2. The molecule has 0 saturated heterocycles. The third-order valence-electron chi connectivity index (χ3n) is 3.42. The summed E-state index contributed by atoms with van der Waals surface area (Å²) in [6.45, 7) is 3.85. The van der Waals surface area contributed by atoms with Gasteiger partial charge in [-0.2, -0.15) is 0 Å². The Labute approximate surface area is 123 Å². The van der Waals surface area contributed by atoms with E-state index in [0.29, 0.717) is 6.42 Å². The van der Waals surface area contributed by atoms with Crippen LogP contribution in [0.2, 0.25) is 0 Å². The first-order valence-corrected chi connectivity index (χ1v) is 7.91. The number of hydrazine groups is 1. The first-order chi connectivity index (χ1) is 9.61. The molecule has 0 unspecified atom stereocenters. The van der Waals surface area contributed by atoms with Crippen molar-refractivity contribution in [1.29, 1.82) is 0 Å². The molecule has 4 N–H and O–H groups in total. The van der Waals surface area contributed by atoms with Crippen molar-refractivity contribution in [1.82, 2.24) is 10.7 Å². The fourth-order valence-corrected chi connectivity index (χ4v) is 2.10. The molecule has 0 aliphatic rings. The van der Waals surface area contributed by atoms with E-state index < -0.39 is 6.04 Å². The fraction of sp³-hybridized carbons (Fsp3) is 0.867. The summed E-state index contributed by atoms with van der Waals surface area (Å²) in [7, 11) is 0. The lowest BCUT2D eigenvalue weighted by molar-refractivity contribution is -0.128. The Kier molecular flexibility index (Phi) is 12.2. The minimum absolute atomic E-state index is 0.0796. The standard InChI is InChI=1S/C15H31N3O2/c1-3-4-5-6-7-8-9-10-11-12-14(19)17-13(2)15(20)18-16/h13H,3-12,16H2,1-2H3,(H,17,19)(H,18,20)/t13-/m1/s1. The van der Waals surface area contributed by atoms with Crippen LogP contribution in [0, 0.1) is 0 Å². The zero-order valence-electron chi connectivity index (χ0n) is 13.0. The Morgan fingerprint density at radius 2 is 1.45 bits per heavy atom. The van der Waals surface area contributed by atoms with Gasteiger partial charge in [-0.15, -0.1) is 0 Å². The van der Waals surface area contributed by atoms with Gasteiger partial charge in [0.1, 0.15) is 6.04 Å². The average Bonchev–Trinajstić information content (AvgIpc) is 2.44. The first kappa shape index (κ1) is 18.9. The molecular formula is C15H31N3O2. The summed E-state index contributed by atoms with van der Waals surface area (Å²) in [6, 6.07) is -0.564. The van der Waals surface area contributed by atoms with Crippen LogP contribution in [0.1, 0.15) is 78.1 Å². The predicted molar refractivity (Wildman–Crippen MR) is 81.8 cm³/mol. The topological polar surface area (TPSA) is 84.2 Å². The van der Waals surface area contributed by atoms with Crippen molar-refractivity contribution in [3.8, 4) is 0 Å². The van der Waals surface area contributed by atoms with Crippen LogP contribution in [0.15, 0.2) is 0 Å². The van der Waals surface area contributed by atoms with E-state index in [4.69, 9.17) is 5.84 Å². The summed E-state index contributed by atoms with van der Waals surface area (Å²) in [5, 5.41) is 2.62. The smallest absolute Gasteiger partial charge is 0.256 e. The highest BCUT2D eigenvalue weighted by Crippen LogP contribution is 2.10. The quantitative estimate of drug-likeness (QED) is 0.223. The van der Waals surface area contributed by atoms with Crippen molar-refractivity contribution < 1.29 is 9.59 Å². The maximum absolute atomic E-state index is 11.5. The predicted octanol–water partition coefficient (Wildman–Crippen LogP) is 2.40. The van der Waals surface area contributed by atoms with E-state index in [1.54, 1.807) is 6.92 Å². The summed E-state index contributed by atoms with van der Waals surface area (Å²) < 4.78 is 0. The second-order valence-electron chi connectivity index (χ2n) is 5.38. The molecule has 1 atom stereocenters. The summed E-state index contributed by atoms with van der Waals surface area (Å²) in [4.78, 5) is 22.7. The maximum atomic E-state index is 11.5. The number of nitrogens with two attached hydrogens (primary N) is 1. The van der Waals surface area contributed by atoms with E-state index in [0.717, 1.165) is 12.8 Å². The number of hydrogen-bond acceptors (Lipinski definition) is 3. The van der Waals surface area contributed by atoms with Gasteiger partial charge in [-0.1, -0.05) is 58.3 Å². The van der Waals surface area contributed by atoms with Crippen molar-refractivity contribution in [2.45, 2.75) is 84.1 Å². The van der Waals surface area contributed by atoms with Gasteiger partial charge in [0, 0.05) is 6.42 Å². The highest BCUT2D eigenvalue weighted by atomic mass is 16.2. The lowest BCUT2D eigenvalue weighted by Gasteiger charge is -2.11. The van der Waals surface area contributed by atoms with Gasteiger partial charge in [-0.05, 0) is 13.3 Å². The third-order valence-corrected chi connectivity index (χ3v) is 3.42. The van der Waals surface area contributed by atoms with Gasteiger partial charge in [0.2, 0.25) is 5.91 Å². The number of carbonyl (C=O) groups is 2. The van der Waals surface area contributed by atoms with E-state index in [-0.39, 0.29) is 11.8 Å². The molecule has 5 nitrogen and oxygen atoms in total. The van der Waals surface area contributed by atoms with Gasteiger partial charge in [0.15, 0.2) is 0 Å². The highest BCUT2D eigenvalue weighted by Gasteiger charge is 2.13. The van der Waals surface area contributed by atoms with Crippen LogP contribution in [0.3, 0.4) is 0 Å². The van der Waals surface area contributed by atoms with Crippen molar-refractivity contribution in [2.24, 2.45) is 5.84 Å². The number of amides is 2. The van der Waals surface area contributed by atoms with Crippen LogP contribution in [-0.2, 0) is 9.59 Å². The molecule has 0 rings (SSSR count). The molecule has 0 spiro atoms. The Balaban J connectivity index is 3.37. The van der Waals surface area contributed by atoms with Crippen molar-refractivity contribution in [3.63, 3.8) is 0 Å². The molecule has 20 heavy (non-hydrogen) atoms. The van der Waals surface area contributed by atoms with Crippen molar-refractivity contribution in [2.75, 3.05) is 0 Å². The maximum Gasteiger partial charge on any atom is 0.256 e. The number of unbranched alkanes of at least 4 members (excludes halogenated alkanes) is 8. The Morgan fingerprint density at radius 3 is 1.95 bits per heavy atom. The van der Waals surface area contributed by atoms with Crippen molar-refractivity contribution in [3.05, 3.63) is 0 Å². The van der Waals surface area contributed by atoms with Crippen LogP contribution in [0.25, 0.3) is 0 Å². The molecule has 5 heteroatoms. The van der Waals surface area contributed by atoms with E-state index in [1.807, 2.05) is 5.43 Å². The lowest BCUT2D eigenvalue weighted by Crippen LogP contribution is -2.47. The van der Waals surface area contributed by atoms with Gasteiger partial charge in [0.25, 0.3) is 5.91 Å². The molecule has 0 aromatic rings. The zero-order valence-corrected chi connectivity index (χ0v) is 13.0. The second-order valence-corrected chi connectivity index (χ2v) is 5.38. The highest BCUT2D eigenvalue weighted by molar-refractivity contribution is 5.86. The molecule has 0 bridgehead atoms. The number of nitrogens with one attached hydrogen (secondary N) is 2. The Hall–Kier alpha value is -1.10.